The van der Waals surface area contributed by atoms with Crippen molar-refractivity contribution in [3.05, 3.63) is 11.9 Å². The molecular weight excluding hydrogens is 260 g/mol. The van der Waals surface area contributed by atoms with Gasteiger partial charge in [0.15, 0.2) is 0 Å². The van der Waals surface area contributed by atoms with E-state index in [1.807, 2.05) is 13.0 Å². The maximum atomic E-state index is 4.53. The third-order valence-electron chi connectivity index (χ3n) is 4.29. The largest absolute Gasteiger partial charge is 0.370 e. The summed E-state index contributed by atoms with van der Waals surface area (Å²) in [7, 11) is 0. The summed E-state index contributed by atoms with van der Waals surface area (Å²) < 4.78 is 0. The number of anilines is 2. The average molecular weight is 290 g/mol. The van der Waals surface area contributed by atoms with Crippen LogP contribution in [-0.4, -0.2) is 22.6 Å². The summed E-state index contributed by atoms with van der Waals surface area (Å²) in [6.07, 6.45) is 9.07. The predicted molar refractivity (Wildman–Crippen MR) is 89.8 cm³/mol. The van der Waals surface area contributed by atoms with Crippen molar-refractivity contribution in [2.24, 2.45) is 5.92 Å². The Morgan fingerprint density at radius 3 is 2.43 bits per heavy atom. The van der Waals surface area contributed by atoms with Crippen LogP contribution in [0.3, 0.4) is 0 Å². The van der Waals surface area contributed by atoms with Gasteiger partial charge in [-0.3, -0.25) is 0 Å². The minimum Gasteiger partial charge on any atom is -0.370 e. The number of nitrogens with one attached hydrogen (secondary N) is 2. The molecule has 4 heteroatoms. The molecule has 1 aromatic heterocycles. The molecule has 0 atom stereocenters. The average Bonchev–Trinajstić information content (AvgIpc) is 2.47. The molecule has 0 radical (unpaired) electrons. The summed E-state index contributed by atoms with van der Waals surface area (Å²) in [6.45, 7) is 7.37. The molecule has 2 rings (SSSR count). The standard InChI is InChI=1S/C17H30N4/c1-4-6-14-7-9-15(10-8-14)21-17-12-16(18-11-5-2)19-13(3)20-17/h12,14-15H,4-11H2,1-3H3,(H2,18,19,20,21). The van der Waals surface area contributed by atoms with Crippen molar-refractivity contribution >= 4 is 11.6 Å². The first-order chi connectivity index (χ1) is 10.2. The Kier molecular flexibility index (Phi) is 6.27. The first-order valence-corrected chi connectivity index (χ1v) is 8.57. The number of aromatic nitrogens is 2. The number of hydrogen-bond acceptors (Lipinski definition) is 4. The second kappa shape index (κ2) is 8.20. The van der Waals surface area contributed by atoms with E-state index in [1.54, 1.807) is 0 Å². The molecule has 1 fully saturated rings. The van der Waals surface area contributed by atoms with Crippen LogP contribution in [0.2, 0.25) is 0 Å². The van der Waals surface area contributed by atoms with Crippen molar-refractivity contribution in [1.29, 1.82) is 0 Å². The monoisotopic (exact) mass is 290 g/mol. The summed E-state index contributed by atoms with van der Waals surface area (Å²) in [5.74, 6) is 3.69. The number of aryl methyl sites for hydroxylation is 1. The number of nitrogens with zero attached hydrogens (tertiary/aromatic N) is 2. The van der Waals surface area contributed by atoms with E-state index in [-0.39, 0.29) is 0 Å². The fourth-order valence-electron chi connectivity index (χ4n) is 3.20. The summed E-state index contributed by atoms with van der Waals surface area (Å²) in [5.41, 5.74) is 0. The van der Waals surface area contributed by atoms with Crippen molar-refractivity contribution in [1.82, 2.24) is 9.97 Å². The van der Waals surface area contributed by atoms with Crippen LogP contribution in [0.4, 0.5) is 11.6 Å². The molecule has 1 aliphatic rings. The van der Waals surface area contributed by atoms with Gasteiger partial charge in [-0.2, -0.15) is 0 Å². The third-order valence-corrected chi connectivity index (χ3v) is 4.29. The van der Waals surface area contributed by atoms with Gasteiger partial charge in [-0.05, 0) is 44.9 Å². The van der Waals surface area contributed by atoms with Crippen LogP contribution in [0.25, 0.3) is 0 Å². The Bertz CT molecular complexity index is 425. The van der Waals surface area contributed by atoms with E-state index >= 15 is 0 Å². The normalized spacial score (nSPS) is 22.0. The minimum absolute atomic E-state index is 0.575. The van der Waals surface area contributed by atoms with Crippen LogP contribution < -0.4 is 10.6 Å². The van der Waals surface area contributed by atoms with Crippen molar-refractivity contribution in [2.45, 2.75) is 71.8 Å². The van der Waals surface area contributed by atoms with Gasteiger partial charge in [-0.25, -0.2) is 9.97 Å². The van der Waals surface area contributed by atoms with Crippen LogP contribution in [0, 0.1) is 12.8 Å². The molecule has 0 unspecified atom stereocenters. The summed E-state index contributed by atoms with van der Waals surface area (Å²) >= 11 is 0. The van der Waals surface area contributed by atoms with Gasteiger partial charge >= 0.3 is 0 Å². The van der Waals surface area contributed by atoms with E-state index in [4.69, 9.17) is 0 Å². The molecule has 0 aliphatic heterocycles. The lowest BCUT2D eigenvalue weighted by atomic mass is 9.83. The molecule has 0 saturated heterocycles. The Hall–Kier alpha value is -1.32. The minimum atomic E-state index is 0.575. The van der Waals surface area contributed by atoms with Crippen molar-refractivity contribution in [3.8, 4) is 0 Å². The fraction of sp³-hybridized carbons (Fsp3) is 0.765. The van der Waals surface area contributed by atoms with E-state index in [0.29, 0.717) is 6.04 Å². The smallest absolute Gasteiger partial charge is 0.132 e. The lowest BCUT2D eigenvalue weighted by Gasteiger charge is -2.29. The van der Waals surface area contributed by atoms with Gasteiger partial charge in [0, 0.05) is 18.7 Å². The van der Waals surface area contributed by atoms with Gasteiger partial charge in [0.2, 0.25) is 0 Å². The lowest BCUT2D eigenvalue weighted by molar-refractivity contribution is 0.318. The highest BCUT2D eigenvalue weighted by atomic mass is 15.1. The highest BCUT2D eigenvalue weighted by Crippen LogP contribution is 2.29. The zero-order valence-corrected chi connectivity index (χ0v) is 13.8. The first-order valence-electron chi connectivity index (χ1n) is 8.57. The topological polar surface area (TPSA) is 49.8 Å². The molecule has 0 amide bonds. The molecule has 1 aromatic rings. The number of hydrogen-bond donors (Lipinski definition) is 2. The second-order valence-electron chi connectivity index (χ2n) is 6.26. The zero-order valence-electron chi connectivity index (χ0n) is 13.8. The van der Waals surface area contributed by atoms with E-state index in [2.05, 4.69) is 34.4 Å². The molecule has 0 aromatic carbocycles. The maximum absolute atomic E-state index is 4.53. The van der Waals surface area contributed by atoms with E-state index < -0.39 is 0 Å². The van der Waals surface area contributed by atoms with E-state index in [0.717, 1.165) is 36.3 Å². The van der Waals surface area contributed by atoms with Gasteiger partial charge in [-0.15, -0.1) is 0 Å². The maximum Gasteiger partial charge on any atom is 0.132 e. The predicted octanol–water partition coefficient (Wildman–Crippen LogP) is 4.38. The number of rotatable bonds is 7. The van der Waals surface area contributed by atoms with Gasteiger partial charge in [-0.1, -0.05) is 26.7 Å². The van der Waals surface area contributed by atoms with Gasteiger partial charge in [0.25, 0.3) is 0 Å². The van der Waals surface area contributed by atoms with Crippen molar-refractivity contribution < 1.29 is 0 Å². The molecule has 1 saturated carbocycles. The Labute approximate surface area is 129 Å². The van der Waals surface area contributed by atoms with Crippen LogP contribution in [0.5, 0.6) is 0 Å². The lowest BCUT2D eigenvalue weighted by Crippen LogP contribution is -2.26. The Balaban J connectivity index is 1.89. The van der Waals surface area contributed by atoms with Crippen LogP contribution in [-0.2, 0) is 0 Å². The van der Waals surface area contributed by atoms with Crippen molar-refractivity contribution in [2.75, 3.05) is 17.2 Å². The third kappa shape index (κ3) is 5.18. The highest BCUT2D eigenvalue weighted by Gasteiger charge is 2.20. The summed E-state index contributed by atoms with van der Waals surface area (Å²) in [6, 6.07) is 2.62. The van der Waals surface area contributed by atoms with E-state index in [9.17, 15) is 0 Å². The Morgan fingerprint density at radius 1 is 1.05 bits per heavy atom. The molecule has 1 aliphatic carbocycles. The SMILES string of the molecule is CCCNc1cc(NC2CCC(CCC)CC2)nc(C)n1. The second-order valence-corrected chi connectivity index (χ2v) is 6.26. The van der Waals surface area contributed by atoms with Gasteiger partial charge < -0.3 is 10.6 Å². The first kappa shape index (κ1) is 16.1. The van der Waals surface area contributed by atoms with Crippen molar-refractivity contribution in [3.63, 3.8) is 0 Å². The molecular formula is C17H30N4. The van der Waals surface area contributed by atoms with Gasteiger partial charge in [0.1, 0.15) is 17.5 Å². The molecule has 4 nitrogen and oxygen atoms in total. The highest BCUT2D eigenvalue weighted by molar-refractivity contribution is 5.48. The molecule has 0 bridgehead atoms. The quantitative estimate of drug-likeness (QED) is 0.782. The molecule has 2 N–H and O–H groups in total. The fourth-order valence-corrected chi connectivity index (χ4v) is 3.20. The van der Waals surface area contributed by atoms with Crippen LogP contribution in [0.15, 0.2) is 6.07 Å². The molecule has 1 heterocycles. The molecule has 0 spiro atoms. The van der Waals surface area contributed by atoms with Crippen LogP contribution in [0.1, 0.15) is 64.6 Å². The zero-order chi connectivity index (χ0) is 15.1. The molecule has 118 valence electrons. The molecule has 21 heavy (non-hydrogen) atoms. The Morgan fingerprint density at radius 2 is 1.76 bits per heavy atom. The van der Waals surface area contributed by atoms with E-state index in [1.165, 1.54) is 38.5 Å². The summed E-state index contributed by atoms with van der Waals surface area (Å²) in [4.78, 5) is 8.97. The van der Waals surface area contributed by atoms with Crippen LogP contribution >= 0.6 is 0 Å². The summed E-state index contributed by atoms with van der Waals surface area (Å²) in [5, 5.41) is 6.96. The van der Waals surface area contributed by atoms with Gasteiger partial charge in [0.05, 0.1) is 0 Å².